The lowest BCUT2D eigenvalue weighted by Crippen LogP contribution is -2.00. The number of rotatable bonds is 6. The Morgan fingerprint density at radius 3 is 2.45 bits per heavy atom. The Morgan fingerprint density at radius 2 is 1.62 bits per heavy atom. The van der Waals surface area contributed by atoms with E-state index in [0.717, 1.165) is 33.3 Å². The number of aryl methyl sites for hydroxylation is 2. The molecule has 0 saturated carbocycles. The largest absolute Gasteiger partial charge is 0.488 e. The van der Waals surface area contributed by atoms with Crippen LogP contribution in [0.4, 0.5) is 5.69 Å². The standard InChI is InChI=1S/C26H24N2O/c1-19-12-14-23(16-20(19)2)28-27-17-25-24-11-7-6-10-22(24)13-15-26(25)29-18-21-8-4-3-5-9-21/h3-17,28H,18H2,1-2H3. The number of nitrogens with one attached hydrogen (secondary N) is 1. The lowest BCUT2D eigenvalue weighted by Gasteiger charge is -2.12. The second-order valence-corrected chi connectivity index (χ2v) is 7.14. The van der Waals surface area contributed by atoms with Crippen LogP contribution in [-0.4, -0.2) is 6.21 Å². The third-order valence-electron chi connectivity index (χ3n) is 5.06. The van der Waals surface area contributed by atoms with E-state index in [4.69, 9.17) is 4.74 Å². The van der Waals surface area contributed by atoms with Crippen molar-refractivity contribution in [1.29, 1.82) is 0 Å². The van der Waals surface area contributed by atoms with Crippen LogP contribution in [0.5, 0.6) is 5.75 Å². The Morgan fingerprint density at radius 1 is 0.828 bits per heavy atom. The highest BCUT2D eigenvalue weighted by Crippen LogP contribution is 2.27. The first-order valence-corrected chi connectivity index (χ1v) is 9.75. The van der Waals surface area contributed by atoms with Gasteiger partial charge in [0, 0.05) is 5.56 Å². The monoisotopic (exact) mass is 380 g/mol. The van der Waals surface area contributed by atoms with Crippen molar-refractivity contribution in [3.8, 4) is 5.75 Å². The van der Waals surface area contributed by atoms with Crippen LogP contribution in [-0.2, 0) is 6.61 Å². The van der Waals surface area contributed by atoms with Gasteiger partial charge in [0.05, 0.1) is 11.9 Å². The van der Waals surface area contributed by atoms with Crippen LogP contribution < -0.4 is 10.2 Å². The molecule has 0 aliphatic carbocycles. The molecule has 29 heavy (non-hydrogen) atoms. The highest BCUT2D eigenvalue weighted by atomic mass is 16.5. The van der Waals surface area contributed by atoms with Crippen LogP contribution in [0.3, 0.4) is 0 Å². The number of hydrazone groups is 1. The first kappa shape index (κ1) is 18.8. The lowest BCUT2D eigenvalue weighted by atomic mass is 10.0. The van der Waals surface area contributed by atoms with Crippen LogP contribution in [0, 0.1) is 13.8 Å². The van der Waals surface area contributed by atoms with Crippen molar-refractivity contribution < 1.29 is 4.74 Å². The number of nitrogens with zero attached hydrogens (tertiary/aromatic N) is 1. The maximum atomic E-state index is 6.15. The Hall–Kier alpha value is -3.59. The zero-order chi connectivity index (χ0) is 20.1. The molecule has 0 aromatic heterocycles. The first-order valence-electron chi connectivity index (χ1n) is 9.75. The van der Waals surface area contributed by atoms with Crippen LogP contribution in [0.25, 0.3) is 10.8 Å². The number of anilines is 1. The van der Waals surface area contributed by atoms with E-state index in [2.05, 4.69) is 66.8 Å². The number of fused-ring (bicyclic) bond motifs is 1. The summed E-state index contributed by atoms with van der Waals surface area (Å²) in [6, 6.07) is 28.8. The normalized spacial score (nSPS) is 11.1. The van der Waals surface area contributed by atoms with Crippen molar-refractivity contribution in [2.75, 3.05) is 5.43 Å². The van der Waals surface area contributed by atoms with E-state index < -0.39 is 0 Å². The summed E-state index contributed by atoms with van der Waals surface area (Å²) in [5.41, 5.74) is 8.72. The maximum absolute atomic E-state index is 6.15. The van der Waals surface area contributed by atoms with Crippen molar-refractivity contribution in [3.63, 3.8) is 0 Å². The average Bonchev–Trinajstić information content (AvgIpc) is 2.76. The van der Waals surface area contributed by atoms with Gasteiger partial charge < -0.3 is 4.74 Å². The van der Waals surface area contributed by atoms with Gasteiger partial charge in [0.2, 0.25) is 0 Å². The van der Waals surface area contributed by atoms with Gasteiger partial charge in [-0.1, -0.05) is 66.7 Å². The number of benzene rings is 4. The second-order valence-electron chi connectivity index (χ2n) is 7.14. The Balaban J connectivity index is 1.62. The molecule has 0 spiro atoms. The van der Waals surface area contributed by atoms with E-state index in [-0.39, 0.29) is 0 Å². The van der Waals surface area contributed by atoms with Crippen molar-refractivity contribution in [3.05, 3.63) is 107 Å². The van der Waals surface area contributed by atoms with Gasteiger partial charge in [0.15, 0.2) is 0 Å². The summed E-state index contributed by atoms with van der Waals surface area (Å²) in [4.78, 5) is 0. The van der Waals surface area contributed by atoms with E-state index in [0.29, 0.717) is 6.61 Å². The quantitative estimate of drug-likeness (QED) is 0.307. The summed E-state index contributed by atoms with van der Waals surface area (Å²) in [7, 11) is 0. The zero-order valence-electron chi connectivity index (χ0n) is 16.7. The summed E-state index contributed by atoms with van der Waals surface area (Å²) < 4.78 is 6.15. The summed E-state index contributed by atoms with van der Waals surface area (Å²) >= 11 is 0. The van der Waals surface area contributed by atoms with E-state index >= 15 is 0 Å². The van der Waals surface area contributed by atoms with E-state index in [1.54, 1.807) is 0 Å². The Kier molecular flexibility index (Phi) is 5.57. The predicted octanol–water partition coefficient (Wildman–Crippen LogP) is 6.48. The Labute approximate surface area is 171 Å². The summed E-state index contributed by atoms with van der Waals surface area (Å²) in [6.07, 6.45) is 1.85. The minimum atomic E-state index is 0.518. The zero-order valence-corrected chi connectivity index (χ0v) is 16.7. The van der Waals surface area contributed by atoms with Crippen LogP contribution >= 0.6 is 0 Å². The smallest absolute Gasteiger partial charge is 0.129 e. The fourth-order valence-corrected chi connectivity index (χ4v) is 3.25. The molecule has 4 aromatic rings. The average molecular weight is 380 g/mol. The second kappa shape index (κ2) is 8.61. The minimum Gasteiger partial charge on any atom is -0.488 e. The summed E-state index contributed by atoms with van der Waals surface area (Å²) in [5.74, 6) is 0.818. The summed E-state index contributed by atoms with van der Waals surface area (Å²) in [5, 5.41) is 6.77. The number of hydrogen-bond donors (Lipinski definition) is 1. The van der Waals surface area contributed by atoms with Gasteiger partial charge in [-0.05, 0) is 59.5 Å². The molecule has 0 amide bonds. The van der Waals surface area contributed by atoms with E-state index in [1.807, 2.05) is 48.7 Å². The van der Waals surface area contributed by atoms with Gasteiger partial charge in [-0.25, -0.2) is 0 Å². The number of hydrogen-bond acceptors (Lipinski definition) is 3. The van der Waals surface area contributed by atoms with Gasteiger partial charge in [-0.3, -0.25) is 5.43 Å². The molecule has 0 atom stereocenters. The fourth-order valence-electron chi connectivity index (χ4n) is 3.25. The molecule has 0 heterocycles. The molecular formula is C26H24N2O. The molecule has 0 saturated heterocycles. The van der Waals surface area contributed by atoms with Crippen molar-refractivity contribution >= 4 is 22.7 Å². The number of ether oxygens (including phenoxy) is 1. The van der Waals surface area contributed by atoms with E-state index in [9.17, 15) is 0 Å². The van der Waals surface area contributed by atoms with Gasteiger partial charge in [0.25, 0.3) is 0 Å². The fraction of sp³-hybridized carbons (Fsp3) is 0.115. The van der Waals surface area contributed by atoms with Crippen molar-refractivity contribution in [2.45, 2.75) is 20.5 Å². The molecule has 0 bridgehead atoms. The molecule has 3 heteroatoms. The van der Waals surface area contributed by atoms with Gasteiger partial charge in [-0.2, -0.15) is 5.10 Å². The van der Waals surface area contributed by atoms with E-state index in [1.165, 1.54) is 11.1 Å². The highest BCUT2D eigenvalue weighted by molar-refractivity contribution is 6.02. The lowest BCUT2D eigenvalue weighted by molar-refractivity contribution is 0.306. The molecule has 0 radical (unpaired) electrons. The molecule has 0 aliphatic rings. The topological polar surface area (TPSA) is 33.6 Å². The van der Waals surface area contributed by atoms with Crippen molar-refractivity contribution in [2.24, 2.45) is 5.10 Å². The Bertz CT molecular complexity index is 1150. The van der Waals surface area contributed by atoms with Crippen molar-refractivity contribution in [1.82, 2.24) is 0 Å². The highest BCUT2D eigenvalue weighted by Gasteiger charge is 2.08. The van der Waals surface area contributed by atoms with Gasteiger partial charge >= 0.3 is 0 Å². The minimum absolute atomic E-state index is 0.518. The molecule has 0 fully saturated rings. The van der Waals surface area contributed by atoms with Crippen LogP contribution in [0.2, 0.25) is 0 Å². The molecule has 0 unspecified atom stereocenters. The van der Waals surface area contributed by atoms with Crippen LogP contribution in [0.1, 0.15) is 22.3 Å². The molecule has 0 aliphatic heterocycles. The third kappa shape index (κ3) is 4.46. The molecule has 1 N–H and O–H groups in total. The summed E-state index contributed by atoms with van der Waals surface area (Å²) in [6.45, 7) is 4.73. The third-order valence-corrected chi connectivity index (χ3v) is 5.06. The first-order chi connectivity index (χ1) is 14.2. The molecule has 4 rings (SSSR count). The molecule has 3 nitrogen and oxygen atoms in total. The molecule has 4 aromatic carbocycles. The van der Waals surface area contributed by atoms with Gasteiger partial charge in [0.1, 0.15) is 12.4 Å². The van der Waals surface area contributed by atoms with Crippen LogP contribution in [0.15, 0.2) is 90.0 Å². The molecule has 144 valence electrons. The molecular weight excluding hydrogens is 356 g/mol. The van der Waals surface area contributed by atoms with Gasteiger partial charge in [-0.15, -0.1) is 0 Å². The SMILES string of the molecule is Cc1ccc(NN=Cc2c(OCc3ccccc3)ccc3ccccc23)cc1C. The predicted molar refractivity (Wildman–Crippen MR) is 122 cm³/mol. The maximum Gasteiger partial charge on any atom is 0.129 e.